The van der Waals surface area contributed by atoms with E-state index in [1.54, 1.807) is 0 Å². The molecule has 4 atom stereocenters. The van der Waals surface area contributed by atoms with Crippen molar-refractivity contribution in [3.05, 3.63) is 35.4 Å². The third-order valence-electron chi connectivity index (χ3n) is 4.65. The number of hydrogen-bond donors (Lipinski definition) is 1. The highest BCUT2D eigenvalue weighted by atomic mass is 16.5. The third-order valence-corrected chi connectivity index (χ3v) is 4.65. The average Bonchev–Trinajstić information content (AvgIpc) is 2.49. The van der Waals surface area contributed by atoms with E-state index in [1.165, 1.54) is 31.2 Å². The van der Waals surface area contributed by atoms with E-state index < -0.39 is 6.10 Å². The molecule has 0 fully saturated rings. The molecule has 0 bridgehead atoms. The fourth-order valence-electron chi connectivity index (χ4n) is 3.39. The van der Waals surface area contributed by atoms with Crippen molar-refractivity contribution in [1.82, 2.24) is 0 Å². The molecule has 0 amide bonds. The third kappa shape index (κ3) is 4.31. The van der Waals surface area contributed by atoms with Gasteiger partial charge in [0, 0.05) is 0 Å². The fraction of sp³-hybridized carbons (Fsp3) is 0.684. The highest BCUT2D eigenvalue weighted by molar-refractivity contribution is 5.35. The van der Waals surface area contributed by atoms with Crippen LogP contribution in [0, 0.1) is 0 Å². The molecule has 0 aliphatic heterocycles. The van der Waals surface area contributed by atoms with Gasteiger partial charge < -0.3 is 9.84 Å². The van der Waals surface area contributed by atoms with Crippen molar-refractivity contribution in [2.75, 3.05) is 0 Å². The molecule has 2 nitrogen and oxygen atoms in total. The highest BCUT2D eigenvalue weighted by Crippen LogP contribution is 2.39. The van der Waals surface area contributed by atoms with Gasteiger partial charge in [0.1, 0.15) is 6.10 Å². The first-order chi connectivity index (χ1) is 10.1. The van der Waals surface area contributed by atoms with E-state index in [1.807, 2.05) is 12.1 Å². The zero-order valence-corrected chi connectivity index (χ0v) is 13.7. The van der Waals surface area contributed by atoms with Crippen LogP contribution in [0.3, 0.4) is 0 Å². The average molecular weight is 290 g/mol. The van der Waals surface area contributed by atoms with Crippen molar-refractivity contribution in [2.45, 2.75) is 83.5 Å². The van der Waals surface area contributed by atoms with Crippen molar-refractivity contribution >= 4 is 0 Å². The number of aliphatic hydroxyl groups is 1. The first kappa shape index (κ1) is 16.5. The Morgan fingerprint density at radius 1 is 1.19 bits per heavy atom. The molecule has 1 N–H and O–H groups in total. The lowest BCUT2D eigenvalue weighted by Crippen LogP contribution is -2.32. The summed E-state index contributed by atoms with van der Waals surface area (Å²) in [6.07, 6.45) is 6.80. The van der Waals surface area contributed by atoms with Crippen LogP contribution in [0.2, 0.25) is 0 Å². The SMILES string of the molecule is CCCCCCC(C)OC1CC(C)c2ccccc2C1O. The maximum absolute atomic E-state index is 10.6. The second kappa shape index (κ2) is 7.95. The van der Waals surface area contributed by atoms with E-state index in [9.17, 15) is 5.11 Å². The minimum absolute atomic E-state index is 0.0592. The number of ether oxygens (including phenoxy) is 1. The topological polar surface area (TPSA) is 29.5 Å². The molecule has 1 aliphatic rings. The first-order valence-electron chi connectivity index (χ1n) is 8.55. The summed E-state index contributed by atoms with van der Waals surface area (Å²) in [5, 5.41) is 10.6. The van der Waals surface area contributed by atoms with E-state index in [-0.39, 0.29) is 12.2 Å². The number of aliphatic hydroxyl groups excluding tert-OH is 1. The maximum Gasteiger partial charge on any atom is 0.105 e. The fourth-order valence-corrected chi connectivity index (χ4v) is 3.39. The van der Waals surface area contributed by atoms with Gasteiger partial charge in [-0.1, -0.05) is 63.8 Å². The van der Waals surface area contributed by atoms with Crippen molar-refractivity contribution in [3.63, 3.8) is 0 Å². The largest absolute Gasteiger partial charge is 0.386 e. The van der Waals surface area contributed by atoms with Gasteiger partial charge in [0.2, 0.25) is 0 Å². The van der Waals surface area contributed by atoms with Crippen LogP contribution in [0.15, 0.2) is 24.3 Å². The van der Waals surface area contributed by atoms with Gasteiger partial charge in [0.15, 0.2) is 0 Å². The molecule has 0 spiro atoms. The maximum atomic E-state index is 10.6. The molecule has 0 heterocycles. The van der Waals surface area contributed by atoms with Crippen molar-refractivity contribution in [3.8, 4) is 0 Å². The van der Waals surface area contributed by atoms with Crippen LogP contribution < -0.4 is 0 Å². The van der Waals surface area contributed by atoms with Gasteiger partial charge in [-0.15, -0.1) is 0 Å². The van der Waals surface area contributed by atoms with Crippen molar-refractivity contribution in [2.24, 2.45) is 0 Å². The van der Waals surface area contributed by atoms with Crippen molar-refractivity contribution in [1.29, 1.82) is 0 Å². The predicted octanol–water partition coefficient (Wildman–Crippen LogP) is 4.97. The van der Waals surface area contributed by atoms with Gasteiger partial charge in [-0.25, -0.2) is 0 Å². The Morgan fingerprint density at radius 3 is 2.62 bits per heavy atom. The summed E-state index contributed by atoms with van der Waals surface area (Å²) in [6.45, 7) is 6.61. The van der Waals surface area contributed by atoms with E-state index in [4.69, 9.17) is 4.74 Å². The predicted molar refractivity (Wildman–Crippen MR) is 87.5 cm³/mol. The van der Waals surface area contributed by atoms with Gasteiger partial charge in [-0.3, -0.25) is 0 Å². The Labute approximate surface area is 129 Å². The van der Waals surface area contributed by atoms with Crippen LogP contribution in [0.25, 0.3) is 0 Å². The molecule has 1 aliphatic carbocycles. The molecular formula is C19H30O2. The summed E-state index contributed by atoms with van der Waals surface area (Å²) in [5.74, 6) is 0.460. The number of unbranched alkanes of at least 4 members (excludes halogenated alkanes) is 3. The second-order valence-corrected chi connectivity index (χ2v) is 6.54. The summed E-state index contributed by atoms with van der Waals surface area (Å²) in [7, 11) is 0. The van der Waals surface area contributed by atoms with Gasteiger partial charge in [0.05, 0.1) is 12.2 Å². The molecule has 4 unspecified atom stereocenters. The minimum Gasteiger partial charge on any atom is -0.386 e. The molecule has 1 aromatic rings. The molecule has 0 aromatic heterocycles. The van der Waals surface area contributed by atoms with E-state index in [2.05, 4.69) is 32.9 Å². The van der Waals surface area contributed by atoms with Crippen LogP contribution in [-0.4, -0.2) is 17.3 Å². The van der Waals surface area contributed by atoms with Crippen LogP contribution in [-0.2, 0) is 4.74 Å². The molecule has 0 radical (unpaired) electrons. The summed E-state index contributed by atoms with van der Waals surface area (Å²) >= 11 is 0. The minimum atomic E-state index is -0.476. The first-order valence-corrected chi connectivity index (χ1v) is 8.55. The molecular weight excluding hydrogens is 260 g/mol. The number of rotatable bonds is 7. The Bertz CT molecular complexity index is 429. The summed E-state index contributed by atoms with van der Waals surface area (Å²) in [5.41, 5.74) is 2.33. The smallest absolute Gasteiger partial charge is 0.105 e. The van der Waals surface area contributed by atoms with Crippen LogP contribution in [0.5, 0.6) is 0 Å². The molecule has 2 rings (SSSR count). The van der Waals surface area contributed by atoms with E-state index in [0.29, 0.717) is 5.92 Å². The molecule has 21 heavy (non-hydrogen) atoms. The van der Waals surface area contributed by atoms with Gasteiger partial charge in [0.25, 0.3) is 0 Å². The highest BCUT2D eigenvalue weighted by Gasteiger charge is 2.33. The number of benzene rings is 1. The number of fused-ring (bicyclic) bond motifs is 1. The quantitative estimate of drug-likeness (QED) is 0.718. The van der Waals surface area contributed by atoms with Crippen LogP contribution in [0.4, 0.5) is 0 Å². The standard InChI is InChI=1S/C19H30O2/c1-4-5-6-7-10-15(3)21-18-13-14(2)16-11-8-9-12-17(16)19(18)20/h8-9,11-12,14-15,18-20H,4-7,10,13H2,1-3H3. The lowest BCUT2D eigenvalue weighted by Gasteiger charge is -2.35. The Morgan fingerprint density at radius 2 is 1.90 bits per heavy atom. The van der Waals surface area contributed by atoms with Gasteiger partial charge in [-0.2, -0.15) is 0 Å². The Hall–Kier alpha value is -0.860. The van der Waals surface area contributed by atoms with Gasteiger partial charge >= 0.3 is 0 Å². The Kier molecular flexibility index (Phi) is 6.25. The molecule has 1 aromatic carbocycles. The van der Waals surface area contributed by atoms with E-state index >= 15 is 0 Å². The Balaban J connectivity index is 1.90. The zero-order valence-electron chi connectivity index (χ0n) is 13.7. The lowest BCUT2D eigenvalue weighted by atomic mass is 9.80. The van der Waals surface area contributed by atoms with Crippen LogP contribution >= 0.6 is 0 Å². The van der Waals surface area contributed by atoms with Crippen LogP contribution in [0.1, 0.15) is 82.4 Å². The van der Waals surface area contributed by atoms with E-state index in [0.717, 1.165) is 18.4 Å². The number of hydrogen-bond acceptors (Lipinski definition) is 2. The molecule has 0 saturated heterocycles. The summed E-state index contributed by atoms with van der Waals surface area (Å²) in [6, 6.07) is 8.23. The zero-order chi connectivity index (χ0) is 15.2. The van der Waals surface area contributed by atoms with Gasteiger partial charge in [-0.05, 0) is 36.8 Å². The summed E-state index contributed by atoms with van der Waals surface area (Å²) in [4.78, 5) is 0. The monoisotopic (exact) mass is 290 g/mol. The molecule has 118 valence electrons. The second-order valence-electron chi connectivity index (χ2n) is 6.54. The van der Waals surface area contributed by atoms with Crippen molar-refractivity contribution < 1.29 is 9.84 Å². The lowest BCUT2D eigenvalue weighted by molar-refractivity contribution is -0.0861. The molecule has 2 heteroatoms. The normalized spacial score (nSPS) is 26.4. The molecule has 0 saturated carbocycles. The summed E-state index contributed by atoms with van der Waals surface area (Å²) < 4.78 is 6.16.